The molecule has 0 aromatic heterocycles. The maximum atomic E-state index is 12.2. The van der Waals surface area contributed by atoms with Gasteiger partial charge < -0.3 is 10.1 Å². The molecule has 2 rings (SSSR count). The van der Waals surface area contributed by atoms with E-state index in [0.29, 0.717) is 5.69 Å². The quantitative estimate of drug-likeness (QED) is 0.690. The number of nitrogens with one attached hydrogen (secondary N) is 2. The molecule has 0 fully saturated rings. The lowest BCUT2D eigenvalue weighted by molar-refractivity contribution is -0.146. The number of rotatable bonds is 7. The van der Waals surface area contributed by atoms with Crippen molar-refractivity contribution in [3.63, 3.8) is 0 Å². The largest absolute Gasteiger partial charge is 0.455 e. The van der Waals surface area contributed by atoms with E-state index in [0.717, 1.165) is 22.3 Å². The first-order valence-electron chi connectivity index (χ1n) is 8.68. The molecule has 2 aromatic rings. The molecule has 0 bridgehead atoms. The molecule has 150 valence electrons. The topological polar surface area (TPSA) is 102 Å². The van der Waals surface area contributed by atoms with E-state index in [-0.39, 0.29) is 4.90 Å². The second-order valence-corrected chi connectivity index (χ2v) is 8.36. The van der Waals surface area contributed by atoms with Crippen LogP contribution in [0, 0.1) is 27.7 Å². The lowest BCUT2D eigenvalue weighted by Gasteiger charge is -2.10. The van der Waals surface area contributed by atoms with Crippen molar-refractivity contribution in [3.8, 4) is 0 Å². The zero-order valence-corrected chi connectivity index (χ0v) is 17.1. The van der Waals surface area contributed by atoms with Crippen molar-refractivity contribution < 1.29 is 22.7 Å². The van der Waals surface area contributed by atoms with Crippen LogP contribution in [0.4, 0.5) is 5.69 Å². The van der Waals surface area contributed by atoms with Crippen molar-refractivity contribution in [2.45, 2.75) is 32.6 Å². The van der Waals surface area contributed by atoms with Gasteiger partial charge in [-0.25, -0.2) is 8.42 Å². The molecule has 0 aliphatic heterocycles. The van der Waals surface area contributed by atoms with E-state index >= 15 is 0 Å². The SMILES string of the molecule is Cc1ccc(NC(=O)COC(=O)CNS(=O)(=O)c2ccc(C)c(C)c2)c(C)c1. The minimum Gasteiger partial charge on any atom is -0.455 e. The van der Waals surface area contributed by atoms with Gasteiger partial charge in [-0.3, -0.25) is 9.59 Å². The van der Waals surface area contributed by atoms with Crippen molar-refractivity contribution in [3.05, 3.63) is 58.7 Å². The summed E-state index contributed by atoms with van der Waals surface area (Å²) in [6, 6.07) is 10.2. The maximum absolute atomic E-state index is 12.2. The highest BCUT2D eigenvalue weighted by molar-refractivity contribution is 7.89. The normalized spacial score (nSPS) is 11.1. The van der Waals surface area contributed by atoms with Crippen molar-refractivity contribution in [2.24, 2.45) is 0 Å². The van der Waals surface area contributed by atoms with Crippen LogP contribution in [0.2, 0.25) is 0 Å². The Kier molecular flexibility index (Phi) is 6.93. The van der Waals surface area contributed by atoms with Crippen molar-refractivity contribution in [1.29, 1.82) is 0 Å². The van der Waals surface area contributed by atoms with Crippen LogP contribution >= 0.6 is 0 Å². The molecular formula is C20H24N2O5S. The van der Waals surface area contributed by atoms with Gasteiger partial charge in [-0.05, 0) is 62.6 Å². The Hall–Kier alpha value is -2.71. The molecule has 7 nitrogen and oxygen atoms in total. The van der Waals surface area contributed by atoms with Crippen LogP contribution in [0.1, 0.15) is 22.3 Å². The monoisotopic (exact) mass is 404 g/mol. The third-order valence-electron chi connectivity index (χ3n) is 4.22. The number of ether oxygens (including phenoxy) is 1. The third-order valence-corrected chi connectivity index (χ3v) is 5.61. The number of anilines is 1. The second kappa shape index (κ2) is 8.99. The number of sulfonamides is 1. The molecule has 0 spiro atoms. The molecule has 0 heterocycles. The molecule has 1 amide bonds. The van der Waals surface area contributed by atoms with Crippen molar-refractivity contribution in [1.82, 2.24) is 4.72 Å². The van der Waals surface area contributed by atoms with Gasteiger partial charge in [0.15, 0.2) is 6.61 Å². The predicted molar refractivity (Wildman–Crippen MR) is 107 cm³/mol. The van der Waals surface area contributed by atoms with Crippen LogP contribution in [0.3, 0.4) is 0 Å². The highest BCUT2D eigenvalue weighted by Crippen LogP contribution is 2.16. The molecule has 28 heavy (non-hydrogen) atoms. The third kappa shape index (κ3) is 5.90. The lowest BCUT2D eigenvalue weighted by atomic mass is 10.1. The molecule has 2 aromatic carbocycles. The summed E-state index contributed by atoms with van der Waals surface area (Å²) in [6.07, 6.45) is 0. The van der Waals surface area contributed by atoms with Crippen LogP contribution in [-0.2, 0) is 24.3 Å². The van der Waals surface area contributed by atoms with Gasteiger partial charge in [0.25, 0.3) is 5.91 Å². The number of carbonyl (C=O) groups is 2. The Morgan fingerprint density at radius 1 is 0.929 bits per heavy atom. The molecule has 0 aliphatic carbocycles. The van der Waals surface area contributed by atoms with Crippen LogP contribution < -0.4 is 10.0 Å². The number of aryl methyl sites for hydroxylation is 4. The summed E-state index contributed by atoms with van der Waals surface area (Å²) in [6.45, 7) is 6.41. The summed E-state index contributed by atoms with van der Waals surface area (Å²) in [7, 11) is -3.84. The summed E-state index contributed by atoms with van der Waals surface area (Å²) in [4.78, 5) is 23.8. The number of amides is 1. The molecular weight excluding hydrogens is 380 g/mol. The van der Waals surface area contributed by atoms with Crippen LogP contribution in [0.5, 0.6) is 0 Å². The number of esters is 1. The molecule has 0 saturated heterocycles. The molecule has 2 N–H and O–H groups in total. The van der Waals surface area contributed by atoms with E-state index in [1.54, 1.807) is 19.1 Å². The van der Waals surface area contributed by atoms with Gasteiger partial charge in [-0.15, -0.1) is 0 Å². The fraction of sp³-hybridized carbons (Fsp3) is 0.300. The minimum absolute atomic E-state index is 0.0657. The van der Waals surface area contributed by atoms with E-state index in [1.165, 1.54) is 12.1 Å². The summed E-state index contributed by atoms with van der Waals surface area (Å²) in [5.74, 6) is -1.35. The van der Waals surface area contributed by atoms with E-state index in [4.69, 9.17) is 4.74 Å². The molecule has 8 heteroatoms. The summed E-state index contributed by atoms with van der Waals surface area (Å²) < 4.78 is 31.5. The molecule has 0 atom stereocenters. The Morgan fingerprint density at radius 2 is 1.64 bits per heavy atom. The van der Waals surface area contributed by atoms with E-state index in [9.17, 15) is 18.0 Å². The first kappa shape index (κ1) is 21.6. The smallest absolute Gasteiger partial charge is 0.321 e. The highest BCUT2D eigenvalue weighted by Gasteiger charge is 2.17. The Labute approximate surface area is 165 Å². The van der Waals surface area contributed by atoms with Gasteiger partial charge in [0.1, 0.15) is 6.54 Å². The van der Waals surface area contributed by atoms with Crippen LogP contribution in [0.25, 0.3) is 0 Å². The second-order valence-electron chi connectivity index (χ2n) is 6.60. The molecule has 0 saturated carbocycles. The fourth-order valence-corrected chi connectivity index (χ4v) is 3.51. The number of hydrogen-bond acceptors (Lipinski definition) is 5. The molecule has 0 aliphatic rings. The summed E-state index contributed by atoms with van der Waals surface area (Å²) in [5, 5.41) is 2.65. The van der Waals surface area contributed by atoms with E-state index in [2.05, 4.69) is 10.0 Å². The highest BCUT2D eigenvalue weighted by atomic mass is 32.2. The molecule has 0 radical (unpaired) electrons. The summed E-state index contributed by atoms with van der Waals surface area (Å²) in [5.41, 5.74) is 4.38. The fourth-order valence-electron chi connectivity index (χ4n) is 2.46. The van der Waals surface area contributed by atoms with Gasteiger partial charge in [-0.2, -0.15) is 4.72 Å². The number of carbonyl (C=O) groups excluding carboxylic acids is 2. The zero-order chi connectivity index (χ0) is 20.9. The van der Waals surface area contributed by atoms with Gasteiger partial charge in [-0.1, -0.05) is 23.8 Å². The zero-order valence-electron chi connectivity index (χ0n) is 16.3. The Balaban J connectivity index is 1.84. The molecule has 0 unspecified atom stereocenters. The van der Waals surface area contributed by atoms with Crippen LogP contribution in [-0.4, -0.2) is 33.4 Å². The van der Waals surface area contributed by atoms with Gasteiger partial charge in [0.2, 0.25) is 10.0 Å². The van der Waals surface area contributed by atoms with Crippen molar-refractivity contribution >= 4 is 27.6 Å². The lowest BCUT2D eigenvalue weighted by Crippen LogP contribution is -2.32. The Bertz CT molecular complexity index is 1000. The minimum atomic E-state index is -3.84. The average molecular weight is 404 g/mol. The standard InChI is InChI=1S/C20H24N2O5S/c1-13-5-8-18(16(4)9-13)22-19(23)12-27-20(24)11-21-28(25,26)17-7-6-14(2)15(3)10-17/h5-10,21H,11-12H2,1-4H3,(H,22,23). The first-order chi connectivity index (χ1) is 13.1. The average Bonchev–Trinajstić information content (AvgIpc) is 2.63. The Morgan fingerprint density at radius 3 is 2.29 bits per heavy atom. The summed E-state index contributed by atoms with van der Waals surface area (Å²) >= 11 is 0. The van der Waals surface area contributed by atoms with Crippen molar-refractivity contribution in [2.75, 3.05) is 18.5 Å². The predicted octanol–water partition coefficient (Wildman–Crippen LogP) is 2.38. The van der Waals surface area contributed by atoms with Gasteiger partial charge in [0, 0.05) is 5.69 Å². The number of hydrogen-bond donors (Lipinski definition) is 2. The first-order valence-corrected chi connectivity index (χ1v) is 10.2. The van der Waals surface area contributed by atoms with E-state index in [1.807, 2.05) is 32.9 Å². The van der Waals surface area contributed by atoms with Gasteiger partial charge >= 0.3 is 5.97 Å². The van der Waals surface area contributed by atoms with Gasteiger partial charge in [0.05, 0.1) is 4.90 Å². The number of benzene rings is 2. The van der Waals surface area contributed by atoms with Crippen LogP contribution in [0.15, 0.2) is 41.3 Å². The maximum Gasteiger partial charge on any atom is 0.321 e. The van der Waals surface area contributed by atoms with E-state index < -0.39 is 35.1 Å².